The summed E-state index contributed by atoms with van der Waals surface area (Å²) >= 11 is 0. The lowest BCUT2D eigenvalue weighted by Gasteiger charge is -2.22. The summed E-state index contributed by atoms with van der Waals surface area (Å²) < 4.78 is 93.7. The average molecular weight is 345 g/mol. The predicted molar refractivity (Wildman–Crippen MR) is 58.3 cm³/mol. The molecule has 1 unspecified atom stereocenters. The predicted octanol–water partition coefficient (Wildman–Crippen LogP) is 2.11. The van der Waals surface area contributed by atoms with E-state index in [4.69, 9.17) is 0 Å². The van der Waals surface area contributed by atoms with Gasteiger partial charge in [-0.3, -0.25) is 0 Å². The Morgan fingerprint density at radius 1 is 1.13 bits per heavy atom. The summed E-state index contributed by atoms with van der Waals surface area (Å²) in [5.74, 6) is -7.93. The summed E-state index contributed by atoms with van der Waals surface area (Å²) in [6.07, 6.45) is -7.51. The third-order valence-electron chi connectivity index (χ3n) is 2.43. The third kappa shape index (κ3) is 3.65. The van der Waals surface area contributed by atoms with E-state index in [1.165, 1.54) is 0 Å². The van der Waals surface area contributed by atoms with Crippen LogP contribution in [0.2, 0.25) is 0 Å². The summed E-state index contributed by atoms with van der Waals surface area (Å²) in [6.45, 7) is -2.07. The zero-order valence-electron chi connectivity index (χ0n) is 10.8. The number of alkyl halides is 6. The summed E-state index contributed by atoms with van der Waals surface area (Å²) in [7, 11) is 0. The maximum atomic E-state index is 13.9. The SMILES string of the molecule is Fc1c(OCC(F)(F)C(F)C(F)(F)F)ncnc1-n1cncn1. The Bertz CT molecular complexity index is 660. The quantitative estimate of drug-likeness (QED) is 0.777. The molecule has 6 nitrogen and oxygen atoms in total. The molecular weight excluding hydrogens is 339 g/mol. The van der Waals surface area contributed by atoms with Gasteiger partial charge < -0.3 is 4.74 Å². The molecule has 0 saturated heterocycles. The van der Waals surface area contributed by atoms with Gasteiger partial charge in [0.05, 0.1) is 0 Å². The molecule has 0 aromatic carbocycles. The second-order valence-electron chi connectivity index (χ2n) is 4.11. The molecule has 0 amide bonds. The first-order valence-corrected chi connectivity index (χ1v) is 5.70. The number of ether oxygens (including phenoxy) is 1. The van der Waals surface area contributed by atoms with E-state index in [0.29, 0.717) is 6.33 Å². The molecule has 1 atom stereocenters. The van der Waals surface area contributed by atoms with Gasteiger partial charge in [-0.15, -0.1) is 0 Å². The van der Waals surface area contributed by atoms with Crippen molar-refractivity contribution in [2.75, 3.05) is 6.61 Å². The highest BCUT2D eigenvalue weighted by Gasteiger charge is 2.57. The minimum Gasteiger partial charge on any atom is -0.469 e. The minimum atomic E-state index is -5.79. The van der Waals surface area contributed by atoms with Crippen LogP contribution in [0.15, 0.2) is 19.0 Å². The van der Waals surface area contributed by atoms with Crippen molar-refractivity contribution in [3.05, 3.63) is 24.8 Å². The Labute approximate surface area is 122 Å². The number of hydrogen-bond donors (Lipinski definition) is 0. The lowest BCUT2D eigenvalue weighted by atomic mass is 10.2. The Morgan fingerprint density at radius 3 is 2.39 bits per heavy atom. The van der Waals surface area contributed by atoms with E-state index in [1.54, 1.807) is 0 Å². The molecule has 0 aliphatic rings. The van der Waals surface area contributed by atoms with Crippen molar-refractivity contribution in [2.45, 2.75) is 18.3 Å². The molecule has 0 N–H and O–H groups in total. The van der Waals surface area contributed by atoms with E-state index in [9.17, 15) is 30.7 Å². The number of halogens is 7. The second kappa shape index (κ2) is 5.96. The summed E-state index contributed by atoms with van der Waals surface area (Å²) in [4.78, 5) is 10.1. The first kappa shape index (κ1) is 16.9. The maximum Gasteiger partial charge on any atom is 0.425 e. The van der Waals surface area contributed by atoms with Crippen LogP contribution in [0.5, 0.6) is 5.88 Å². The largest absolute Gasteiger partial charge is 0.469 e. The fourth-order valence-corrected chi connectivity index (χ4v) is 1.40. The normalized spacial score (nSPS) is 13.9. The highest BCUT2D eigenvalue weighted by Crippen LogP contribution is 2.35. The molecule has 0 aliphatic heterocycles. The molecule has 2 aromatic rings. The van der Waals surface area contributed by atoms with Crippen molar-refractivity contribution >= 4 is 0 Å². The molecule has 126 valence electrons. The summed E-state index contributed by atoms with van der Waals surface area (Å²) in [6, 6.07) is 0. The summed E-state index contributed by atoms with van der Waals surface area (Å²) in [5, 5.41) is 3.52. The van der Waals surface area contributed by atoms with Gasteiger partial charge in [-0.25, -0.2) is 14.4 Å². The zero-order valence-corrected chi connectivity index (χ0v) is 10.8. The van der Waals surface area contributed by atoms with E-state index in [1.807, 2.05) is 0 Å². The van der Waals surface area contributed by atoms with Crippen LogP contribution in [-0.2, 0) is 0 Å². The average Bonchev–Trinajstić information content (AvgIpc) is 2.98. The van der Waals surface area contributed by atoms with Gasteiger partial charge >= 0.3 is 12.1 Å². The van der Waals surface area contributed by atoms with Gasteiger partial charge in [0, 0.05) is 0 Å². The molecule has 2 rings (SSSR count). The van der Waals surface area contributed by atoms with Crippen LogP contribution in [0, 0.1) is 5.82 Å². The highest BCUT2D eigenvalue weighted by molar-refractivity contribution is 5.28. The first-order valence-electron chi connectivity index (χ1n) is 5.70. The van der Waals surface area contributed by atoms with Gasteiger partial charge in [0.15, 0.2) is 12.4 Å². The van der Waals surface area contributed by atoms with E-state index in [2.05, 4.69) is 24.8 Å². The fraction of sp³-hybridized carbons (Fsp3) is 0.400. The van der Waals surface area contributed by atoms with Crippen LogP contribution < -0.4 is 4.74 Å². The van der Waals surface area contributed by atoms with E-state index >= 15 is 0 Å². The lowest BCUT2D eigenvalue weighted by molar-refractivity contribution is -0.250. The Morgan fingerprint density at radius 2 is 1.83 bits per heavy atom. The van der Waals surface area contributed by atoms with Gasteiger partial charge in [-0.1, -0.05) is 0 Å². The molecular formula is C10H6F7N5O. The molecule has 2 heterocycles. The molecule has 0 saturated carbocycles. The Kier molecular flexibility index (Phi) is 4.38. The molecule has 0 radical (unpaired) electrons. The van der Waals surface area contributed by atoms with Gasteiger partial charge in [0.1, 0.15) is 19.0 Å². The fourth-order valence-electron chi connectivity index (χ4n) is 1.40. The zero-order chi connectivity index (χ0) is 17.3. The molecule has 0 spiro atoms. The van der Waals surface area contributed by atoms with Gasteiger partial charge in [0.2, 0.25) is 5.82 Å². The first-order chi connectivity index (χ1) is 10.6. The van der Waals surface area contributed by atoms with Crippen LogP contribution in [-0.4, -0.2) is 49.6 Å². The minimum absolute atomic E-state index is 0.538. The van der Waals surface area contributed by atoms with Crippen LogP contribution in [0.4, 0.5) is 30.7 Å². The van der Waals surface area contributed by atoms with Crippen molar-refractivity contribution in [2.24, 2.45) is 0 Å². The van der Waals surface area contributed by atoms with Gasteiger partial charge in [-0.2, -0.15) is 41.1 Å². The molecule has 0 fully saturated rings. The summed E-state index contributed by atoms with van der Waals surface area (Å²) in [5.41, 5.74) is 0. The van der Waals surface area contributed by atoms with E-state index in [-0.39, 0.29) is 0 Å². The molecule has 23 heavy (non-hydrogen) atoms. The number of hydrogen-bond acceptors (Lipinski definition) is 5. The Hall–Kier alpha value is -2.47. The molecule has 0 aliphatic carbocycles. The second-order valence-corrected chi connectivity index (χ2v) is 4.11. The smallest absolute Gasteiger partial charge is 0.425 e. The van der Waals surface area contributed by atoms with E-state index in [0.717, 1.165) is 17.3 Å². The number of rotatable bonds is 5. The van der Waals surface area contributed by atoms with Crippen molar-refractivity contribution in [3.63, 3.8) is 0 Å². The highest BCUT2D eigenvalue weighted by atomic mass is 19.4. The Balaban J connectivity index is 2.17. The van der Waals surface area contributed by atoms with Crippen LogP contribution in [0.3, 0.4) is 0 Å². The van der Waals surface area contributed by atoms with Crippen molar-refractivity contribution in [1.82, 2.24) is 24.7 Å². The van der Waals surface area contributed by atoms with Crippen molar-refractivity contribution < 1.29 is 35.5 Å². The van der Waals surface area contributed by atoms with Crippen molar-refractivity contribution in [3.8, 4) is 11.7 Å². The molecule has 0 bridgehead atoms. The van der Waals surface area contributed by atoms with Gasteiger partial charge in [-0.05, 0) is 0 Å². The number of nitrogens with zero attached hydrogens (tertiary/aromatic N) is 5. The van der Waals surface area contributed by atoms with Crippen molar-refractivity contribution in [1.29, 1.82) is 0 Å². The van der Waals surface area contributed by atoms with E-state index < -0.39 is 42.4 Å². The standard InChI is InChI=1S/C10H6F7N5O/c11-5-6(22-4-18-2-21-22)19-3-20-7(5)23-1-9(13,14)8(12)10(15,16)17/h2-4,8H,1H2. The van der Waals surface area contributed by atoms with Crippen LogP contribution in [0.25, 0.3) is 5.82 Å². The number of aromatic nitrogens is 5. The molecule has 13 heteroatoms. The maximum absolute atomic E-state index is 13.9. The topological polar surface area (TPSA) is 65.7 Å². The molecule has 2 aromatic heterocycles. The monoisotopic (exact) mass is 345 g/mol. The van der Waals surface area contributed by atoms with Gasteiger partial charge in [0.25, 0.3) is 12.1 Å². The van der Waals surface area contributed by atoms with Crippen LogP contribution in [0.1, 0.15) is 0 Å². The lowest BCUT2D eigenvalue weighted by Crippen LogP contribution is -2.45. The van der Waals surface area contributed by atoms with Crippen LogP contribution >= 0.6 is 0 Å². The third-order valence-corrected chi connectivity index (χ3v) is 2.43.